The minimum absolute atomic E-state index is 0.150. The first-order valence-corrected chi connectivity index (χ1v) is 6.00. The summed E-state index contributed by atoms with van der Waals surface area (Å²) >= 11 is 4.92. The van der Waals surface area contributed by atoms with Gasteiger partial charge in [0.2, 0.25) is 5.95 Å². The van der Waals surface area contributed by atoms with Crippen molar-refractivity contribution >= 4 is 23.2 Å². The molecular weight excluding hydrogens is 232 g/mol. The number of rotatable bonds is 3. The number of hydrogen-bond acceptors (Lipinski definition) is 4. The Hall–Kier alpha value is -1.23. The van der Waals surface area contributed by atoms with Crippen molar-refractivity contribution in [2.45, 2.75) is 33.7 Å². The fourth-order valence-corrected chi connectivity index (χ4v) is 1.52. The van der Waals surface area contributed by atoms with E-state index in [0.29, 0.717) is 22.7 Å². The zero-order chi connectivity index (χ0) is 13.2. The molecule has 0 radical (unpaired) electrons. The second-order valence-electron chi connectivity index (χ2n) is 5.26. The van der Waals surface area contributed by atoms with Gasteiger partial charge < -0.3 is 10.6 Å². The zero-order valence-electron chi connectivity index (χ0n) is 11.1. The van der Waals surface area contributed by atoms with Gasteiger partial charge in [0.15, 0.2) is 0 Å². The van der Waals surface area contributed by atoms with E-state index in [1.54, 1.807) is 12.3 Å². The number of thiocarbonyl (C=S) groups is 1. The Morgan fingerprint density at radius 1 is 1.47 bits per heavy atom. The molecule has 0 aliphatic heterocycles. The van der Waals surface area contributed by atoms with Crippen LogP contribution in [0.1, 0.15) is 33.4 Å². The molecule has 0 aliphatic rings. The number of hydrogen-bond donors (Lipinski definition) is 1. The molecule has 1 heterocycles. The highest BCUT2D eigenvalue weighted by Gasteiger charge is 2.25. The quantitative estimate of drug-likeness (QED) is 0.834. The maximum absolute atomic E-state index is 5.57. The van der Waals surface area contributed by atoms with Crippen LogP contribution < -0.4 is 10.6 Å². The van der Waals surface area contributed by atoms with E-state index in [4.69, 9.17) is 18.0 Å². The van der Waals surface area contributed by atoms with Crippen molar-refractivity contribution in [1.29, 1.82) is 0 Å². The molecule has 5 heteroatoms. The average molecular weight is 252 g/mol. The standard InChI is InChI=1S/C12H20N4S/c1-8(12(2,3)4)16(5)11-14-7-6-9(15-11)10(13)17/h6-8H,1-5H3,(H2,13,17). The molecule has 1 rings (SSSR count). The van der Waals surface area contributed by atoms with Crippen LogP contribution in [0.4, 0.5) is 5.95 Å². The first-order valence-electron chi connectivity index (χ1n) is 5.59. The summed E-state index contributed by atoms with van der Waals surface area (Å²) in [7, 11) is 1.98. The van der Waals surface area contributed by atoms with Crippen LogP contribution in [0.25, 0.3) is 0 Å². The lowest BCUT2D eigenvalue weighted by Gasteiger charge is -2.35. The molecule has 94 valence electrons. The summed E-state index contributed by atoms with van der Waals surface area (Å²) in [5, 5.41) is 0. The SMILES string of the molecule is CC(N(C)c1nccc(C(N)=S)n1)C(C)(C)C. The monoisotopic (exact) mass is 252 g/mol. The molecule has 1 atom stereocenters. The summed E-state index contributed by atoms with van der Waals surface area (Å²) < 4.78 is 0. The second kappa shape index (κ2) is 4.96. The third-order valence-electron chi connectivity index (χ3n) is 3.05. The Balaban J connectivity index is 3.00. The molecule has 0 saturated carbocycles. The summed E-state index contributed by atoms with van der Waals surface area (Å²) in [6.45, 7) is 8.71. The minimum Gasteiger partial charge on any atom is -0.388 e. The van der Waals surface area contributed by atoms with Gasteiger partial charge in [-0.15, -0.1) is 0 Å². The third kappa shape index (κ3) is 3.36. The van der Waals surface area contributed by atoms with Crippen LogP contribution in [-0.4, -0.2) is 28.0 Å². The van der Waals surface area contributed by atoms with Crippen LogP contribution in [0.2, 0.25) is 0 Å². The highest BCUT2D eigenvalue weighted by Crippen LogP contribution is 2.25. The van der Waals surface area contributed by atoms with E-state index in [2.05, 4.69) is 37.7 Å². The van der Waals surface area contributed by atoms with Gasteiger partial charge in [0.25, 0.3) is 0 Å². The van der Waals surface area contributed by atoms with E-state index >= 15 is 0 Å². The van der Waals surface area contributed by atoms with Gasteiger partial charge in [-0.3, -0.25) is 0 Å². The van der Waals surface area contributed by atoms with E-state index in [0.717, 1.165) is 0 Å². The lowest BCUT2D eigenvalue weighted by Crippen LogP contribution is -2.40. The first kappa shape index (κ1) is 13.8. The van der Waals surface area contributed by atoms with Crippen molar-refractivity contribution in [3.63, 3.8) is 0 Å². The molecule has 0 aromatic carbocycles. The highest BCUT2D eigenvalue weighted by molar-refractivity contribution is 7.80. The van der Waals surface area contributed by atoms with Crippen molar-refractivity contribution in [2.75, 3.05) is 11.9 Å². The Labute approximate surface area is 108 Å². The lowest BCUT2D eigenvalue weighted by molar-refractivity contribution is 0.327. The Morgan fingerprint density at radius 3 is 2.53 bits per heavy atom. The first-order chi connectivity index (χ1) is 7.73. The number of anilines is 1. The molecule has 0 saturated heterocycles. The van der Waals surface area contributed by atoms with Gasteiger partial charge in [-0.25, -0.2) is 9.97 Å². The van der Waals surface area contributed by atoms with Crippen molar-refractivity contribution in [3.05, 3.63) is 18.0 Å². The van der Waals surface area contributed by atoms with Crippen LogP contribution in [0.15, 0.2) is 12.3 Å². The number of aromatic nitrogens is 2. The summed E-state index contributed by atoms with van der Waals surface area (Å²) in [4.78, 5) is 11.0. The molecule has 1 aromatic rings. The van der Waals surface area contributed by atoms with Crippen LogP contribution in [0.5, 0.6) is 0 Å². The van der Waals surface area contributed by atoms with Crippen molar-refractivity contribution in [3.8, 4) is 0 Å². The number of nitrogens with zero attached hydrogens (tertiary/aromatic N) is 3. The largest absolute Gasteiger partial charge is 0.388 e. The smallest absolute Gasteiger partial charge is 0.225 e. The van der Waals surface area contributed by atoms with Gasteiger partial charge >= 0.3 is 0 Å². The molecule has 0 fully saturated rings. The van der Waals surface area contributed by atoms with E-state index in [1.807, 2.05) is 11.9 Å². The molecule has 1 unspecified atom stereocenters. The summed E-state index contributed by atoms with van der Waals surface area (Å²) in [5.74, 6) is 0.651. The Bertz CT molecular complexity index is 411. The lowest BCUT2D eigenvalue weighted by atomic mass is 9.87. The van der Waals surface area contributed by atoms with Gasteiger partial charge in [0, 0.05) is 19.3 Å². The Morgan fingerprint density at radius 2 is 2.06 bits per heavy atom. The van der Waals surface area contributed by atoms with Crippen molar-refractivity contribution < 1.29 is 0 Å². The molecule has 1 aromatic heterocycles. The fraction of sp³-hybridized carbons (Fsp3) is 0.583. The van der Waals surface area contributed by atoms with Gasteiger partial charge in [-0.2, -0.15) is 0 Å². The van der Waals surface area contributed by atoms with Crippen molar-refractivity contribution in [2.24, 2.45) is 11.1 Å². The van der Waals surface area contributed by atoms with Gasteiger partial charge in [-0.1, -0.05) is 33.0 Å². The molecule has 2 N–H and O–H groups in total. The average Bonchev–Trinajstić information content (AvgIpc) is 2.26. The van der Waals surface area contributed by atoms with Gasteiger partial charge in [-0.05, 0) is 18.4 Å². The van der Waals surface area contributed by atoms with E-state index < -0.39 is 0 Å². The maximum atomic E-state index is 5.57. The normalized spacial score (nSPS) is 13.2. The summed E-state index contributed by atoms with van der Waals surface area (Å²) in [5.41, 5.74) is 6.33. The minimum atomic E-state index is 0.150. The predicted molar refractivity (Wildman–Crippen MR) is 75.2 cm³/mol. The summed E-state index contributed by atoms with van der Waals surface area (Å²) in [6.07, 6.45) is 1.68. The van der Waals surface area contributed by atoms with Crippen LogP contribution in [0.3, 0.4) is 0 Å². The second-order valence-corrected chi connectivity index (χ2v) is 5.70. The topological polar surface area (TPSA) is 55.0 Å². The molecule has 0 spiro atoms. The van der Waals surface area contributed by atoms with Crippen LogP contribution in [0, 0.1) is 5.41 Å². The molecule has 4 nitrogen and oxygen atoms in total. The third-order valence-corrected chi connectivity index (χ3v) is 3.25. The zero-order valence-corrected chi connectivity index (χ0v) is 11.9. The van der Waals surface area contributed by atoms with E-state index in [9.17, 15) is 0 Å². The number of nitrogens with two attached hydrogens (primary N) is 1. The Kier molecular flexibility index (Phi) is 4.03. The molecule has 0 bridgehead atoms. The van der Waals surface area contributed by atoms with Crippen LogP contribution in [-0.2, 0) is 0 Å². The molecule has 0 amide bonds. The van der Waals surface area contributed by atoms with Crippen molar-refractivity contribution in [1.82, 2.24) is 9.97 Å². The molecule has 17 heavy (non-hydrogen) atoms. The molecule has 0 aliphatic carbocycles. The molecular formula is C12H20N4S. The van der Waals surface area contributed by atoms with E-state index in [1.165, 1.54) is 0 Å². The summed E-state index contributed by atoms with van der Waals surface area (Å²) in [6, 6.07) is 2.03. The van der Waals surface area contributed by atoms with Gasteiger partial charge in [0.05, 0.1) is 0 Å². The van der Waals surface area contributed by atoms with Crippen LogP contribution >= 0.6 is 12.2 Å². The van der Waals surface area contributed by atoms with Gasteiger partial charge in [0.1, 0.15) is 10.7 Å². The maximum Gasteiger partial charge on any atom is 0.225 e. The highest BCUT2D eigenvalue weighted by atomic mass is 32.1. The predicted octanol–water partition coefficient (Wildman–Crippen LogP) is 1.98. The fourth-order valence-electron chi connectivity index (χ4n) is 1.41. The van der Waals surface area contributed by atoms with E-state index in [-0.39, 0.29) is 5.41 Å².